The Hall–Kier alpha value is -2.72. The zero-order valence-electron chi connectivity index (χ0n) is 12.3. The van der Waals surface area contributed by atoms with Gasteiger partial charge in [-0.3, -0.25) is 14.8 Å². The molecule has 1 aromatic carbocycles. The Bertz CT molecular complexity index is 794. The SMILES string of the molecule is O=C(c1cccnc1)N(Cc1cccnc1)c1cccc(Cl)c1. The summed E-state index contributed by atoms with van der Waals surface area (Å²) in [5.41, 5.74) is 2.19. The van der Waals surface area contributed by atoms with E-state index in [0.717, 1.165) is 11.3 Å². The van der Waals surface area contributed by atoms with Gasteiger partial charge in [-0.25, -0.2) is 0 Å². The first-order valence-corrected chi connectivity index (χ1v) is 7.48. The highest BCUT2D eigenvalue weighted by Gasteiger charge is 2.18. The summed E-state index contributed by atoms with van der Waals surface area (Å²) in [6.07, 6.45) is 6.65. The lowest BCUT2D eigenvalue weighted by Gasteiger charge is -2.23. The van der Waals surface area contributed by atoms with E-state index in [9.17, 15) is 4.79 Å². The Morgan fingerprint density at radius 3 is 2.43 bits per heavy atom. The van der Waals surface area contributed by atoms with Crippen LogP contribution in [0.2, 0.25) is 5.02 Å². The van der Waals surface area contributed by atoms with Gasteiger partial charge < -0.3 is 4.90 Å². The lowest BCUT2D eigenvalue weighted by Crippen LogP contribution is -2.30. The number of hydrogen-bond donors (Lipinski definition) is 0. The number of benzene rings is 1. The Morgan fingerprint density at radius 1 is 1.00 bits per heavy atom. The first-order chi connectivity index (χ1) is 11.2. The molecule has 1 amide bonds. The van der Waals surface area contributed by atoms with Gasteiger partial charge in [-0.05, 0) is 42.0 Å². The number of rotatable bonds is 4. The summed E-state index contributed by atoms with van der Waals surface area (Å²) in [4.78, 5) is 22.7. The van der Waals surface area contributed by atoms with Crippen molar-refractivity contribution in [2.45, 2.75) is 6.54 Å². The number of pyridine rings is 2. The molecule has 0 bridgehead atoms. The van der Waals surface area contributed by atoms with E-state index in [-0.39, 0.29) is 5.91 Å². The van der Waals surface area contributed by atoms with Crippen molar-refractivity contribution < 1.29 is 4.79 Å². The van der Waals surface area contributed by atoms with Gasteiger partial charge in [0.15, 0.2) is 0 Å². The molecule has 0 spiro atoms. The van der Waals surface area contributed by atoms with Crippen LogP contribution in [0.4, 0.5) is 5.69 Å². The first-order valence-electron chi connectivity index (χ1n) is 7.10. The normalized spacial score (nSPS) is 10.3. The maximum Gasteiger partial charge on any atom is 0.260 e. The lowest BCUT2D eigenvalue weighted by molar-refractivity contribution is 0.0985. The van der Waals surface area contributed by atoms with E-state index >= 15 is 0 Å². The van der Waals surface area contributed by atoms with Gasteiger partial charge in [-0.15, -0.1) is 0 Å². The van der Waals surface area contributed by atoms with Gasteiger partial charge in [-0.2, -0.15) is 0 Å². The molecule has 4 nitrogen and oxygen atoms in total. The summed E-state index contributed by atoms with van der Waals surface area (Å²) >= 11 is 6.08. The summed E-state index contributed by atoms with van der Waals surface area (Å²) in [6.45, 7) is 0.405. The molecule has 0 N–H and O–H groups in total. The second-order valence-corrected chi connectivity index (χ2v) is 5.41. The molecule has 2 aromatic heterocycles. The van der Waals surface area contributed by atoms with E-state index in [1.165, 1.54) is 0 Å². The van der Waals surface area contributed by atoms with E-state index in [4.69, 9.17) is 11.6 Å². The van der Waals surface area contributed by atoms with Gasteiger partial charge in [0.25, 0.3) is 5.91 Å². The number of carbonyl (C=O) groups excluding carboxylic acids is 1. The van der Waals surface area contributed by atoms with Crippen molar-refractivity contribution in [2.24, 2.45) is 0 Å². The fourth-order valence-corrected chi connectivity index (χ4v) is 2.43. The zero-order valence-corrected chi connectivity index (χ0v) is 13.0. The lowest BCUT2D eigenvalue weighted by atomic mass is 10.2. The van der Waals surface area contributed by atoms with Crippen LogP contribution in [0.15, 0.2) is 73.3 Å². The molecule has 0 unspecified atom stereocenters. The predicted octanol–water partition coefficient (Wildman–Crippen LogP) is 3.98. The van der Waals surface area contributed by atoms with Crippen molar-refractivity contribution in [2.75, 3.05) is 4.90 Å². The summed E-state index contributed by atoms with van der Waals surface area (Å²) in [7, 11) is 0. The van der Waals surface area contributed by atoms with Gasteiger partial charge in [0, 0.05) is 35.5 Å². The number of hydrogen-bond acceptors (Lipinski definition) is 3. The molecule has 0 saturated carbocycles. The predicted molar refractivity (Wildman–Crippen MR) is 90.4 cm³/mol. The smallest absolute Gasteiger partial charge is 0.260 e. The molecule has 2 heterocycles. The second-order valence-electron chi connectivity index (χ2n) is 4.97. The Kier molecular flexibility index (Phi) is 4.64. The average molecular weight is 324 g/mol. The first kappa shape index (κ1) is 15.2. The number of halogens is 1. The molecule has 0 fully saturated rings. The molecule has 0 aliphatic rings. The van der Waals surface area contributed by atoms with E-state index in [1.54, 1.807) is 54.0 Å². The summed E-state index contributed by atoms with van der Waals surface area (Å²) in [5.74, 6) is -0.135. The van der Waals surface area contributed by atoms with Crippen molar-refractivity contribution >= 4 is 23.2 Å². The number of aromatic nitrogens is 2. The third kappa shape index (κ3) is 3.73. The molecule has 0 aliphatic carbocycles. The fourth-order valence-electron chi connectivity index (χ4n) is 2.24. The van der Waals surface area contributed by atoms with Crippen LogP contribution in [-0.2, 0) is 6.54 Å². The van der Waals surface area contributed by atoms with Crippen LogP contribution in [0.1, 0.15) is 15.9 Å². The highest BCUT2D eigenvalue weighted by Crippen LogP contribution is 2.23. The summed E-state index contributed by atoms with van der Waals surface area (Å²) in [6, 6.07) is 14.5. The van der Waals surface area contributed by atoms with Crippen LogP contribution in [0, 0.1) is 0 Å². The molecule has 5 heteroatoms. The minimum atomic E-state index is -0.135. The topological polar surface area (TPSA) is 46.1 Å². The summed E-state index contributed by atoms with van der Waals surface area (Å²) in [5, 5.41) is 0.581. The monoisotopic (exact) mass is 323 g/mol. The highest BCUT2D eigenvalue weighted by molar-refractivity contribution is 6.31. The van der Waals surface area contributed by atoms with Crippen molar-refractivity contribution in [3.8, 4) is 0 Å². The Morgan fingerprint density at radius 2 is 1.78 bits per heavy atom. The molecule has 0 atom stereocenters. The molecule has 0 saturated heterocycles. The van der Waals surface area contributed by atoms with E-state index in [2.05, 4.69) is 9.97 Å². The fraction of sp³-hybridized carbons (Fsp3) is 0.0556. The number of amides is 1. The van der Waals surface area contributed by atoms with E-state index < -0.39 is 0 Å². The highest BCUT2D eigenvalue weighted by atomic mass is 35.5. The molecule has 0 radical (unpaired) electrons. The van der Waals surface area contributed by atoms with Crippen LogP contribution < -0.4 is 4.90 Å². The summed E-state index contributed by atoms with van der Waals surface area (Å²) < 4.78 is 0. The molecule has 23 heavy (non-hydrogen) atoms. The van der Waals surface area contributed by atoms with Crippen LogP contribution in [0.3, 0.4) is 0 Å². The molecular weight excluding hydrogens is 310 g/mol. The number of carbonyl (C=O) groups is 1. The van der Waals surface area contributed by atoms with Crippen molar-refractivity contribution in [3.63, 3.8) is 0 Å². The van der Waals surface area contributed by atoms with Gasteiger partial charge in [0.1, 0.15) is 0 Å². The van der Waals surface area contributed by atoms with Crippen molar-refractivity contribution in [1.82, 2.24) is 9.97 Å². The van der Waals surface area contributed by atoms with Gasteiger partial charge >= 0.3 is 0 Å². The van der Waals surface area contributed by atoms with Crippen LogP contribution in [0.25, 0.3) is 0 Å². The molecule has 114 valence electrons. The second kappa shape index (κ2) is 7.03. The van der Waals surface area contributed by atoms with Gasteiger partial charge in [-0.1, -0.05) is 23.7 Å². The van der Waals surface area contributed by atoms with Crippen molar-refractivity contribution in [1.29, 1.82) is 0 Å². The largest absolute Gasteiger partial charge is 0.304 e. The Labute approximate surface area is 139 Å². The van der Waals surface area contributed by atoms with Crippen LogP contribution in [0.5, 0.6) is 0 Å². The maximum atomic E-state index is 12.9. The average Bonchev–Trinajstić information content (AvgIpc) is 2.61. The third-order valence-electron chi connectivity index (χ3n) is 3.34. The standard InChI is InChI=1S/C18H14ClN3O/c19-16-6-1-7-17(10-16)22(13-14-4-2-8-20-11-14)18(23)15-5-3-9-21-12-15/h1-12H,13H2. The van der Waals surface area contributed by atoms with Gasteiger partial charge in [0.05, 0.1) is 12.1 Å². The number of anilines is 1. The van der Waals surface area contributed by atoms with Gasteiger partial charge in [0.2, 0.25) is 0 Å². The maximum absolute atomic E-state index is 12.9. The van der Waals surface area contributed by atoms with E-state index in [0.29, 0.717) is 17.1 Å². The molecule has 3 aromatic rings. The number of nitrogens with zero attached hydrogens (tertiary/aromatic N) is 3. The quantitative estimate of drug-likeness (QED) is 0.729. The van der Waals surface area contributed by atoms with E-state index in [1.807, 2.05) is 24.3 Å². The molecule has 3 rings (SSSR count). The minimum absolute atomic E-state index is 0.135. The molecule has 0 aliphatic heterocycles. The zero-order chi connectivity index (χ0) is 16.1. The van der Waals surface area contributed by atoms with Crippen molar-refractivity contribution in [3.05, 3.63) is 89.5 Å². The third-order valence-corrected chi connectivity index (χ3v) is 3.57. The minimum Gasteiger partial charge on any atom is -0.304 e. The Balaban J connectivity index is 1.98. The van der Waals surface area contributed by atoms with Crippen LogP contribution in [-0.4, -0.2) is 15.9 Å². The molecular formula is C18H14ClN3O. The van der Waals surface area contributed by atoms with Crippen LogP contribution >= 0.6 is 11.6 Å².